The molecular formula is C14H15NO2. The SMILES string of the molecule is Cc1cc(C2(CC(=O)O)CC2)cc2cc[nH]c12. The third kappa shape index (κ3) is 1.62. The van der Waals surface area contributed by atoms with E-state index in [0.717, 1.165) is 18.4 Å². The van der Waals surface area contributed by atoms with E-state index in [1.807, 2.05) is 12.3 Å². The number of aromatic nitrogens is 1. The highest BCUT2D eigenvalue weighted by Gasteiger charge is 2.46. The molecule has 0 spiro atoms. The Hall–Kier alpha value is -1.77. The minimum atomic E-state index is -0.700. The Kier molecular flexibility index (Phi) is 2.05. The van der Waals surface area contributed by atoms with Crippen molar-refractivity contribution in [1.29, 1.82) is 0 Å². The monoisotopic (exact) mass is 229 g/mol. The molecule has 0 aliphatic heterocycles. The van der Waals surface area contributed by atoms with Crippen molar-refractivity contribution in [3.8, 4) is 0 Å². The lowest BCUT2D eigenvalue weighted by Gasteiger charge is -2.14. The van der Waals surface area contributed by atoms with E-state index in [-0.39, 0.29) is 11.8 Å². The lowest BCUT2D eigenvalue weighted by atomic mass is 9.90. The highest BCUT2D eigenvalue weighted by Crippen LogP contribution is 2.51. The molecule has 3 nitrogen and oxygen atoms in total. The van der Waals surface area contributed by atoms with Crippen molar-refractivity contribution in [3.05, 3.63) is 35.5 Å². The van der Waals surface area contributed by atoms with Gasteiger partial charge < -0.3 is 10.1 Å². The van der Waals surface area contributed by atoms with Crippen LogP contribution in [0.2, 0.25) is 0 Å². The highest BCUT2D eigenvalue weighted by atomic mass is 16.4. The van der Waals surface area contributed by atoms with Crippen LogP contribution >= 0.6 is 0 Å². The van der Waals surface area contributed by atoms with Gasteiger partial charge in [0.25, 0.3) is 0 Å². The minimum Gasteiger partial charge on any atom is -0.481 e. The molecule has 1 aromatic heterocycles. The van der Waals surface area contributed by atoms with Gasteiger partial charge in [0.05, 0.1) is 6.42 Å². The Morgan fingerprint density at radius 1 is 1.47 bits per heavy atom. The number of carboxylic acids is 1. The summed E-state index contributed by atoms with van der Waals surface area (Å²) < 4.78 is 0. The fourth-order valence-electron chi connectivity index (χ4n) is 2.67. The van der Waals surface area contributed by atoms with Crippen LogP contribution in [-0.4, -0.2) is 16.1 Å². The summed E-state index contributed by atoms with van der Waals surface area (Å²) in [5, 5.41) is 10.2. The predicted molar refractivity (Wildman–Crippen MR) is 66.2 cm³/mol. The molecule has 1 heterocycles. The molecule has 3 rings (SSSR count). The van der Waals surface area contributed by atoms with Crippen molar-refractivity contribution in [1.82, 2.24) is 4.98 Å². The van der Waals surface area contributed by atoms with Crippen molar-refractivity contribution in [3.63, 3.8) is 0 Å². The van der Waals surface area contributed by atoms with Gasteiger partial charge in [-0.1, -0.05) is 6.07 Å². The number of benzene rings is 1. The number of hydrogen-bond donors (Lipinski definition) is 2. The van der Waals surface area contributed by atoms with Gasteiger partial charge in [0.1, 0.15) is 0 Å². The van der Waals surface area contributed by atoms with Crippen LogP contribution in [0.5, 0.6) is 0 Å². The maximum absolute atomic E-state index is 10.9. The largest absolute Gasteiger partial charge is 0.481 e. The quantitative estimate of drug-likeness (QED) is 0.850. The van der Waals surface area contributed by atoms with Crippen LogP contribution in [0.15, 0.2) is 24.4 Å². The maximum Gasteiger partial charge on any atom is 0.304 e. The standard InChI is InChI=1S/C14H15NO2/c1-9-6-11(7-10-2-5-15-13(9)10)14(3-4-14)8-12(16)17/h2,5-7,15H,3-4,8H2,1H3,(H,16,17). The van der Waals surface area contributed by atoms with Crippen LogP contribution in [0.25, 0.3) is 10.9 Å². The number of fused-ring (bicyclic) bond motifs is 1. The third-order valence-corrected chi connectivity index (χ3v) is 3.81. The summed E-state index contributed by atoms with van der Waals surface area (Å²) in [5.41, 5.74) is 3.44. The molecule has 1 aliphatic rings. The van der Waals surface area contributed by atoms with Crippen molar-refractivity contribution < 1.29 is 9.90 Å². The Morgan fingerprint density at radius 2 is 2.24 bits per heavy atom. The number of aryl methyl sites for hydroxylation is 1. The van der Waals surface area contributed by atoms with E-state index in [9.17, 15) is 4.79 Å². The van der Waals surface area contributed by atoms with E-state index < -0.39 is 5.97 Å². The van der Waals surface area contributed by atoms with Gasteiger partial charge in [0.15, 0.2) is 0 Å². The van der Waals surface area contributed by atoms with Crippen molar-refractivity contribution in [2.24, 2.45) is 0 Å². The number of carboxylic acid groups (broad SMARTS) is 1. The molecule has 1 saturated carbocycles. The first kappa shape index (κ1) is 10.4. The fraction of sp³-hybridized carbons (Fsp3) is 0.357. The van der Waals surface area contributed by atoms with Crippen LogP contribution in [0.3, 0.4) is 0 Å². The molecule has 88 valence electrons. The highest BCUT2D eigenvalue weighted by molar-refractivity contribution is 5.84. The lowest BCUT2D eigenvalue weighted by Crippen LogP contribution is -2.13. The van der Waals surface area contributed by atoms with Crippen LogP contribution in [0, 0.1) is 6.92 Å². The summed E-state index contributed by atoms with van der Waals surface area (Å²) in [5.74, 6) is -0.700. The molecule has 1 fully saturated rings. The van der Waals surface area contributed by atoms with Gasteiger partial charge in [-0.05, 0) is 48.4 Å². The predicted octanol–water partition coefficient (Wildman–Crippen LogP) is 2.98. The average molecular weight is 229 g/mol. The van der Waals surface area contributed by atoms with Crippen LogP contribution in [0.4, 0.5) is 0 Å². The zero-order valence-electron chi connectivity index (χ0n) is 9.79. The number of rotatable bonds is 3. The molecule has 3 heteroatoms. The van der Waals surface area contributed by atoms with Gasteiger partial charge >= 0.3 is 5.97 Å². The third-order valence-electron chi connectivity index (χ3n) is 3.81. The molecule has 17 heavy (non-hydrogen) atoms. The number of aliphatic carboxylic acids is 1. The van der Waals surface area contributed by atoms with Gasteiger partial charge in [-0.3, -0.25) is 4.79 Å². The molecule has 2 aromatic rings. The molecule has 0 amide bonds. The van der Waals surface area contributed by atoms with Crippen molar-refractivity contribution in [2.75, 3.05) is 0 Å². The summed E-state index contributed by atoms with van der Waals surface area (Å²) in [6.45, 7) is 2.07. The van der Waals surface area contributed by atoms with Gasteiger partial charge in [-0.2, -0.15) is 0 Å². The van der Waals surface area contributed by atoms with Crippen molar-refractivity contribution in [2.45, 2.75) is 31.6 Å². The number of hydrogen-bond acceptors (Lipinski definition) is 1. The second-order valence-corrected chi connectivity index (χ2v) is 5.09. The summed E-state index contributed by atoms with van der Waals surface area (Å²) >= 11 is 0. The summed E-state index contributed by atoms with van der Waals surface area (Å²) in [4.78, 5) is 14.1. The Bertz CT molecular complexity index is 593. The molecule has 2 N–H and O–H groups in total. The van der Waals surface area contributed by atoms with E-state index >= 15 is 0 Å². The second kappa shape index (κ2) is 3.36. The number of H-pyrrole nitrogens is 1. The molecule has 1 aliphatic carbocycles. The van der Waals surface area contributed by atoms with E-state index in [1.54, 1.807) is 0 Å². The minimum absolute atomic E-state index is 0.0952. The second-order valence-electron chi connectivity index (χ2n) is 5.09. The first-order valence-corrected chi connectivity index (χ1v) is 5.91. The number of aromatic amines is 1. The summed E-state index contributed by atoms with van der Waals surface area (Å²) in [7, 11) is 0. The normalized spacial score (nSPS) is 17.2. The Morgan fingerprint density at radius 3 is 2.88 bits per heavy atom. The van der Waals surface area contributed by atoms with E-state index in [4.69, 9.17) is 5.11 Å². The lowest BCUT2D eigenvalue weighted by molar-refractivity contribution is -0.137. The average Bonchev–Trinajstić information content (AvgIpc) is 2.87. The first-order chi connectivity index (χ1) is 8.11. The smallest absolute Gasteiger partial charge is 0.304 e. The van der Waals surface area contributed by atoms with E-state index in [0.29, 0.717) is 0 Å². The van der Waals surface area contributed by atoms with E-state index in [1.165, 1.54) is 16.5 Å². The summed E-state index contributed by atoms with van der Waals surface area (Å²) in [6, 6.07) is 6.31. The van der Waals surface area contributed by atoms with Crippen LogP contribution < -0.4 is 0 Å². The zero-order chi connectivity index (χ0) is 12.0. The molecule has 1 aromatic carbocycles. The van der Waals surface area contributed by atoms with Gasteiger partial charge in [0.2, 0.25) is 0 Å². The molecule has 0 saturated heterocycles. The Balaban J connectivity index is 2.08. The molecular weight excluding hydrogens is 214 g/mol. The fourth-order valence-corrected chi connectivity index (χ4v) is 2.67. The van der Waals surface area contributed by atoms with Gasteiger partial charge in [-0.25, -0.2) is 0 Å². The summed E-state index contributed by atoms with van der Waals surface area (Å²) in [6.07, 6.45) is 4.17. The number of carbonyl (C=O) groups is 1. The Labute approximate surface area is 99.5 Å². The molecule has 0 bridgehead atoms. The van der Waals surface area contributed by atoms with Crippen molar-refractivity contribution >= 4 is 16.9 Å². The number of nitrogens with one attached hydrogen (secondary N) is 1. The molecule has 0 atom stereocenters. The van der Waals surface area contributed by atoms with Crippen LogP contribution in [-0.2, 0) is 10.2 Å². The topological polar surface area (TPSA) is 53.1 Å². The van der Waals surface area contributed by atoms with Crippen LogP contribution in [0.1, 0.15) is 30.4 Å². The van der Waals surface area contributed by atoms with Gasteiger partial charge in [-0.15, -0.1) is 0 Å². The first-order valence-electron chi connectivity index (χ1n) is 5.91. The molecule has 0 unspecified atom stereocenters. The van der Waals surface area contributed by atoms with E-state index in [2.05, 4.69) is 24.0 Å². The zero-order valence-corrected chi connectivity index (χ0v) is 9.79. The maximum atomic E-state index is 10.9. The molecule has 0 radical (unpaired) electrons. The van der Waals surface area contributed by atoms with Gasteiger partial charge in [0, 0.05) is 17.1 Å².